The van der Waals surface area contributed by atoms with Crippen LogP contribution in [0.3, 0.4) is 0 Å². The number of amides is 3. The number of para-hydroxylation sites is 1. The average molecular weight is 445 g/mol. The first-order valence-electron chi connectivity index (χ1n) is 11.8. The maximum absolute atomic E-state index is 12.9. The predicted octanol–water partition coefficient (Wildman–Crippen LogP) is 2.41. The van der Waals surface area contributed by atoms with Gasteiger partial charge in [0, 0.05) is 42.7 Å². The number of hydrogen-bond acceptors (Lipinski definition) is 5. The largest absolute Gasteiger partial charge is 0.384 e. The Balaban J connectivity index is 1.12. The van der Waals surface area contributed by atoms with E-state index in [0.717, 1.165) is 44.6 Å². The molecular weight excluding hydrogens is 416 g/mol. The second-order valence-electron chi connectivity index (χ2n) is 9.85. The van der Waals surface area contributed by atoms with Crippen molar-refractivity contribution in [3.63, 3.8) is 0 Å². The van der Waals surface area contributed by atoms with E-state index in [0.29, 0.717) is 18.5 Å². The molecule has 2 aromatic carbocycles. The van der Waals surface area contributed by atoms with E-state index in [1.807, 2.05) is 12.1 Å². The van der Waals surface area contributed by atoms with Gasteiger partial charge in [-0.15, -0.1) is 0 Å². The minimum Gasteiger partial charge on any atom is -0.384 e. The number of anilines is 1. The van der Waals surface area contributed by atoms with Gasteiger partial charge in [-0.2, -0.15) is 0 Å². The predicted molar refractivity (Wildman–Crippen MR) is 124 cm³/mol. The number of imide groups is 1. The summed E-state index contributed by atoms with van der Waals surface area (Å²) >= 11 is 0. The number of nitrogens with one attached hydrogen (secondary N) is 2. The van der Waals surface area contributed by atoms with Crippen LogP contribution in [0.4, 0.5) is 5.69 Å². The van der Waals surface area contributed by atoms with E-state index in [-0.39, 0.29) is 29.6 Å². The van der Waals surface area contributed by atoms with Gasteiger partial charge >= 0.3 is 0 Å². The fraction of sp³-hybridized carbons (Fsp3) is 0.423. The molecule has 2 N–H and O–H groups in total. The van der Waals surface area contributed by atoms with E-state index in [4.69, 9.17) is 0 Å². The van der Waals surface area contributed by atoms with Crippen molar-refractivity contribution in [1.29, 1.82) is 0 Å². The molecule has 1 spiro atoms. The highest BCUT2D eigenvalue weighted by Crippen LogP contribution is 2.44. The van der Waals surface area contributed by atoms with Crippen LogP contribution < -0.4 is 10.6 Å². The van der Waals surface area contributed by atoms with Crippen molar-refractivity contribution < 1.29 is 14.4 Å². The van der Waals surface area contributed by atoms with E-state index in [1.54, 1.807) is 4.90 Å². The number of carbonyl (C=O) groups excluding carboxylic acids is 3. The Morgan fingerprint density at radius 2 is 1.85 bits per heavy atom. The standard InChI is InChI=1S/C26H28N4O3/c31-23-8-7-22(24(32)28-23)30-15-18-13-17(5-6-19(18)25(30)33)14-29-11-9-26(10-12-29)16-27-21-4-2-1-3-20(21)26/h1-6,13,22,27H,7-12,14-16H2,(H,28,31,32). The topological polar surface area (TPSA) is 81.8 Å². The number of benzene rings is 2. The summed E-state index contributed by atoms with van der Waals surface area (Å²) in [5.74, 6) is -0.737. The molecule has 0 saturated carbocycles. The van der Waals surface area contributed by atoms with Crippen molar-refractivity contribution in [2.45, 2.75) is 50.2 Å². The minimum atomic E-state index is -0.563. The van der Waals surface area contributed by atoms with Gasteiger partial charge in [0.2, 0.25) is 11.8 Å². The molecular formula is C26H28N4O3. The molecule has 3 amide bonds. The molecule has 0 radical (unpaired) electrons. The maximum atomic E-state index is 12.9. The highest BCUT2D eigenvalue weighted by molar-refractivity contribution is 6.05. The summed E-state index contributed by atoms with van der Waals surface area (Å²) in [7, 11) is 0. The number of piperidine rings is 2. The van der Waals surface area contributed by atoms with Gasteiger partial charge in [-0.25, -0.2) is 0 Å². The zero-order chi connectivity index (χ0) is 22.6. The average Bonchev–Trinajstić information content (AvgIpc) is 3.34. The highest BCUT2D eigenvalue weighted by atomic mass is 16.2. The van der Waals surface area contributed by atoms with Gasteiger partial charge in [-0.3, -0.25) is 24.6 Å². The van der Waals surface area contributed by atoms with Crippen molar-refractivity contribution in [2.75, 3.05) is 25.0 Å². The Kier molecular flexibility index (Phi) is 4.76. The molecule has 4 aliphatic rings. The molecule has 33 heavy (non-hydrogen) atoms. The Labute approximate surface area is 193 Å². The molecule has 170 valence electrons. The molecule has 4 heterocycles. The van der Waals surface area contributed by atoms with Crippen molar-refractivity contribution in [2.24, 2.45) is 0 Å². The first-order chi connectivity index (χ1) is 16.0. The molecule has 2 aromatic rings. The summed E-state index contributed by atoms with van der Waals surface area (Å²) in [6.07, 6.45) is 2.95. The number of likely N-dealkylation sites (tertiary alicyclic amines) is 1. The lowest BCUT2D eigenvalue weighted by Gasteiger charge is -2.39. The van der Waals surface area contributed by atoms with E-state index in [9.17, 15) is 14.4 Å². The van der Waals surface area contributed by atoms with Gasteiger partial charge in [-0.05, 0) is 61.2 Å². The SMILES string of the molecule is O=C1CCC(N2Cc3cc(CN4CCC5(CC4)CNc4ccccc45)ccc3C2=O)C(=O)N1. The van der Waals surface area contributed by atoms with Crippen molar-refractivity contribution in [3.05, 3.63) is 64.7 Å². The third kappa shape index (κ3) is 3.42. The second kappa shape index (κ2) is 7.70. The van der Waals surface area contributed by atoms with Crippen LogP contribution in [-0.4, -0.2) is 53.2 Å². The number of nitrogens with zero attached hydrogens (tertiary/aromatic N) is 2. The lowest BCUT2D eigenvalue weighted by Crippen LogP contribution is -2.52. The Morgan fingerprint density at radius 1 is 1.03 bits per heavy atom. The van der Waals surface area contributed by atoms with Crippen LogP contribution >= 0.6 is 0 Å². The van der Waals surface area contributed by atoms with Gasteiger partial charge in [0.15, 0.2) is 0 Å². The number of fused-ring (bicyclic) bond motifs is 3. The fourth-order valence-corrected chi connectivity index (χ4v) is 6.03. The summed E-state index contributed by atoms with van der Waals surface area (Å²) in [6, 6.07) is 14.2. The van der Waals surface area contributed by atoms with Crippen molar-refractivity contribution in [3.8, 4) is 0 Å². The van der Waals surface area contributed by atoms with Crippen molar-refractivity contribution >= 4 is 23.4 Å². The van der Waals surface area contributed by atoms with E-state index >= 15 is 0 Å². The first-order valence-corrected chi connectivity index (χ1v) is 11.8. The zero-order valence-corrected chi connectivity index (χ0v) is 18.6. The molecule has 6 rings (SSSR count). The van der Waals surface area contributed by atoms with Gasteiger partial charge in [0.05, 0.1) is 0 Å². The molecule has 0 bridgehead atoms. The lowest BCUT2D eigenvalue weighted by molar-refractivity contribution is -0.136. The Morgan fingerprint density at radius 3 is 2.67 bits per heavy atom. The van der Waals surface area contributed by atoms with Crippen LogP contribution in [0, 0.1) is 0 Å². The molecule has 2 fully saturated rings. The monoisotopic (exact) mass is 444 g/mol. The Hall–Kier alpha value is -3.19. The van der Waals surface area contributed by atoms with E-state index < -0.39 is 6.04 Å². The van der Waals surface area contributed by atoms with Crippen LogP contribution in [0.1, 0.15) is 52.7 Å². The number of hydrogen-bond donors (Lipinski definition) is 2. The van der Waals surface area contributed by atoms with Gasteiger partial charge < -0.3 is 10.2 Å². The van der Waals surface area contributed by atoms with Crippen molar-refractivity contribution in [1.82, 2.24) is 15.1 Å². The maximum Gasteiger partial charge on any atom is 0.255 e. The highest BCUT2D eigenvalue weighted by Gasteiger charge is 2.42. The van der Waals surface area contributed by atoms with Crippen LogP contribution in [0.2, 0.25) is 0 Å². The smallest absolute Gasteiger partial charge is 0.255 e. The number of rotatable bonds is 3. The summed E-state index contributed by atoms with van der Waals surface area (Å²) < 4.78 is 0. The Bertz CT molecular complexity index is 1150. The number of carbonyl (C=O) groups is 3. The zero-order valence-electron chi connectivity index (χ0n) is 18.6. The van der Waals surface area contributed by atoms with E-state index in [2.05, 4.69) is 45.9 Å². The van der Waals surface area contributed by atoms with Crippen LogP contribution in [0.5, 0.6) is 0 Å². The molecule has 7 nitrogen and oxygen atoms in total. The van der Waals surface area contributed by atoms with Gasteiger partial charge in [-0.1, -0.05) is 30.3 Å². The third-order valence-electron chi connectivity index (χ3n) is 7.92. The normalized spacial score (nSPS) is 23.9. The first kappa shape index (κ1) is 20.4. The summed E-state index contributed by atoms with van der Waals surface area (Å²) in [5.41, 5.74) is 5.86. The van der Waals surface area contributed by atoms with Crippen LogP contribution in [0.25, 0.3) is 0 Å². The minimum absolute atomic E-state index is 0.113. The molecule has 2 saturated heterocycles. The van der Waals surface area contributed by atoms with Crippen LogP contribution in [0.15, 0.2) is 42.5 Å². The van der Waals surface area contributed by atoms with Gasteiger partial charge in [0.25, 0.3) is 5.91 Å². The molecule has 0 aromatic heterocycles. The molecule has 4 aliphatic heterocycles. The summed E-state index contributed by atoms with van der Waals surface area (Å²) in [5, 5.41) is 5.96. The van der Waals surface area contributed by atoms with E-state index in [1.165, 1.54) is 16.8 Å². The molecule has 7 heteroatoms. The summed E-state index contributed by atoms with van der Waals surface area (Å²) in [4.78, 5) is 40.8. The fourth-order valence-electron chi connectivity index (χ4n) is 6.03. The third-order valence-corrected chi connectivity index (χ3v) is 7.92. The quantitative estimate of drug-likeness (QED) is 0.711. The summed E-state index contributed by atoms with van der Waals surface area (Å²) in [6.45, 7) is 4.42. The van der Waals surface area contributed by atoms with Crippen LogP contribution in [-0.2, 0) is 28.1 Å². The molecule has 1 unspecified atom stereocenters. The lowest BCUT2D eigenvalue weighted by atomic mass is 9.74. The second-order valence-corrected chi connectivity index (χ2v) is 9.85. The molecule has 1 atom stereocenters. The molecule has 0 aliphatic carbocycles. The van der Waals surface area contributed by atoms with Gasteiger partial charge in [0.1, 0.15) is 6.04 Å².